The van der Waals surface area contributed by atoms with Crippen molar-refractivity contribution in [3.05, 3.63) is 24.0 Å². The van der Waals surface area contributed by atoms with Gasteiger partial charge in [0.05, 0.1) is 12.9 Å². The number of nitrogens with zero attached hydrogens (tertiary/aromatic N) is 1. The summed E-state index contributed by atoms with van der Waals surface area (Å²) < 4.78 is 5.39. The van der Waals surface area contributed by atoms with Crippen molar-refractivity contribution < 1.29 is 9.84 Å². The molecular weight excluding hydrogens is 286 g/mol. The van der Waals surface area contributed by atoms with Crippen LogP contribution in [-0.2, 0) is 4.74 Å². The maximum Gasteiger partial charge on any atom is 0.0873 e. The molecule has 3 nitrogen and oxygen atoms in total. The van der Waals surface area contributed by atoms with Crippen molar-refractivity contribution in [1.82, 2.24) is 0 Å². The molecule has 0 fully saturated rings. The van der Waals surface area contributed by atoms with Crippen LogP contribution in [0.5, 0.6) is 0 Å². The fourth-order valence-electron chi connectivity index (χ4n) is 3.12. The molecule has 3 heteroatoms. The fourth-order valence-corrected chi connectivity index (χ4v) is 3.12. The maximum atomic E-state index is 9.24. The molecule has 0 aromatic rings. The summed E-state index contributed by atoms with van der Waals surface area (Å²) in [5.74, 6) is 1.07. The summed E-state index contributed by atoms with van der Waals surface area (Å²) in [5, 5.41) is 9.24. The molecule has 0 saturated heterocycles. The lowest BCUT2D eigenvalue weighted by Gasteiger charge is -2.16. The third kappa shape index (κ3) is 9.60. The molecule has 1 aliphatic heterocycles. The number of unbranched alkanes of at least 4 members (excludes halogenated alkanes) is 1. The predicted molar refractivity (Wildman–Crippen MR) is 98.9 cm³/mol. The largest absolute Gasteiger partial charge is 0.502 e. The second kappa shape index (κ2) is 12.3. The zero-order chi connectivity index (χ0) is 16.9. The lowest BCUT2D eigenvalue weighted by molar-refractivity contribution is 0.236. The molecule has 1 aliphatic rings. The molecule has 23 heavy (non-hydrogen) atoms. The van der Waals surface area contributed by atoms with Crippen LogP contribution in [0.3, 0.4) is 0 Å². The molecule has 0 spiro atoms. The minimum atomic E-state index is 0.240. The van der Waals surface area contributed by atoms with Gasteiger partial charge in [0, 0.05) is 18.9 Å². The summed E-state index contributed by atoms with van der Waals surface area (Å²) in [5.41, 5.74) is 2.61. The van der Waals surface area contributed by atoms with Gasteiger partial charge in [0.2, 0.25) is 0 Å². The molecule has 0 saturated carbocycles. The van der Waals surface area contributed by atoms with E-state index in [9.17, 15) is 5.11 Å². The van der Waals surface area contributed by atoms with Crippen LogP contribution in [0.25, 0.3) is 0 Å². The van der Waals surface area contributed by atoms with Crippen LogP contribution in [0, 0.1) is 11.8 Å². The van der Waals surface area contributed by atoms with E-state index >= 15 is 0 Å². The van der Waals surface area contributed by atoms with Crippen molar-refractivity contribution >= 4 is 5.71 Å². The molecule has 132 valence electrons. The Kier molecular flexibility index (Phi) is 10.7. The van der Waals surface area contributed by atoms with E-state index in [2.05, 4.69) is 19.9 Å². The lowest BCUT2D eigenvalue weighted by atomic mass is 9.90. The van der Waals surface area contributed by atoms with Gasteiger partial charge >= 0.3 is 0 Å². The molecule has 0 aromatic heterocycles. The Bertz CT molecular complexity index is 398. The Hall–Kier alpha value is -1.09. The molecule has 2 atom stereocenters. The van der Waals surface area contributed by atoms with E-state index in [1.807, 2.05) is 13.0 Å². The molecular formula is C20H35NO2. The number of aliphatic imine (C=N–C) groups is 1. The molecule has 0 amide bonds. The minimum Gasteiger partial charge on any atom is -0.502 e. The van der Waals surface area contributed by atoms with Crippen molar-refractivity contribution in [3.8, 4) is 0 Å². The molecule has 0 aromatic carbocycles. The Balaban J connectivity index is 2.41. The Labute approximate surface area is 142 Å². The number of aliphatic hydroxyl groups excluding tert-OH is 1. The lowest BCUT2D eigenvalue weighted by Crippen LogP contribution is -2.08. The van der Waals surface area contributed by atoms with E-state index in [0.29, 0.717) is 5.92 Å². The van der Waals surface area contributed by atoms with Crippen molar-refractivity contribution in [2.45, 2.75) is 65.7 Å². The van der Waals surface area contributed by atoms with E-state index < -0.39 is 0 Å². The third-order valence-corrected chi connectivity index (χ3v) is 4.34. The molecule has 0 aliphatic carbocycles. The molecule has 2 unspecified atom stereocenters. The van der Waals surface area contributed by atoms with Gasteiger partial charge in [-0.25, -0.2) is 0 Å². The van der Waals surface area contributed by atoms with Crippen molar-refractivity contribution in [2.24, 2.45) is 16.8 Å². The molecule has 0 bridgehead atoms. The Morgan fingerprint density at radius 1 is 1.43 bits per heavy atom. The summed E-state index contributed by atoms with van der Waals surface area (Å²) >= 11 is 0. The van der Waals surface area contributed by atoms with Crippen LogP contribution >= 0.6 is 0 Å². The highest BCUT2D eigenvalue weighted by molar-refractivity contribution is 5.95. The summed E-state index contributed by atoms with van der Waals surface area (Å²) in [7, 11) is 0. The van der Waals surface area contributed by atoms with Crippen LogP contribution < -0.4 is 0 Å². The van der Waals surface area contributed by atoms with Crippen molar-refractivity contribution in [3.63, 3.8) is 0 Å². The number of ether oxygens (including phenoxy) is 1. The maximum absolute atomic E-state index is 9.24. The standard InChI is InChI=1S/C20H35NO2/c1-4-11-23-12-6-5-8-19-9-7-10-21-20(14-17(2)13-19)15-18(3)16-22/h4,11,14,18-19,22H,5-10,12-13,15-16H2,1-3H3/b11-4+,17-14-,21-20?. The Morgan fingerprint density at radius 2 is 2.26 bits per heavy atom. The topological polar surface area (TPSA) is 41.8 Å². The van der Waals surface area contributed by atoms with Crippen LogP contribution in [0.2, 0.25) is 0 Å². The summed E-state index contributed by atoms with van der Waals surface area (Å²) in [6.45, 7) is 8.29. The van der Waals surface area contributed by atoms with Gasteiger partial charge in [-0.2, -0.15) is 0 Å². The molecule has 1 N–H and O–H groups in total. The third-order valence-electron chi connectivity index (χ3n) is 4.34. The van der Waals surface area contributed by atoms with Crippen LogP contribution in [0.1, 0.15) is 65.7 Å². The van der Waals surface area contributed by atoms with Crippen LogP contribution in [0.15, 0.2) is 29.0 Å². The van der Waals surface area contributed by atoms with E-state index in [1.165, 1.54) is 43.4 Å². The first-order chi connectivity index (χ1) is 11.2. The number of rotatable bonds is 9. The van der Waals surface area contributed by atoms with Gasteiger partial charge in [0.1, 0.15) is 0 Å². The normalized spacial score (nSPS) is 23.4. The van der Waals surface area contributed by atoms with Crippen molar-refractivity contribution in [1.29, 1.82) is 0 Å². The van der Waals surface area contributed by atoms with E-state index in [0.717, 1.165) is 31.9 Å². The number of allylic oxidation sites excluding steroid dienone is 3. The highest BCUT2D eigenvalue weighted by Gasteiger charge is 2.13. The van der Waals surface area contributed by atoms with Gasteiger partial charge in [-0.1, -0.05) is 25.0 Å². The SMILES string of the molecule is C/C=C/OCCCCC1CCCN=C(CC(C)CO)/C=C(/C)C1. The van der Waals surface area contributed by atoms with E-state index in [4.69, 9.17) is 9.73 Å². The van der Waals surface area contributed by atoms with Crippen LogP contribution in [0.4, 0.5) is 0 Å². The van der Waals surface area contributed by atoms with Gasteiger partial charge in [0.25, 0.3) is 0 Å². The highest BCUT2D eigenvalue weighted by atomic mass is 16.5. The number of aliphatic hydroxyl groups is 1. The zero-order valence-corrected chi connectivity index (χ0v) is 15.3. The average molecular weight is 322 g/mol. The van der Waals surface area contributed by atoms with Gasteiger partial charge < -0.3 is 9.84 Å². The summed E-state index contributed by atoms with van der Waals surface area (Å²) in [6, 6.07) is 0. The number of hydrogen-bond donors (Lipinski definition) is 1. The first-order valence-corrected chi connectivity index (χ1v) is 9.19. The van der Waals surface area contributed by atoms with E-state index in [-0.39, 0.29) is 6.61 Å². The Morgan fingerprint density at radius 3 is 3.00 bits per heavy atom. The smallest absolute Gasteiger partial charge is 0.0873 e. The van der Waals surface area contributed by atoms with Crippen molar-refractivity contribution in [2.75, 3.05) is 19.8 Å². The minimum absolute atomic E-state index is 0.240. The van der Waals surface area contributed by atoms with Crippen LogP contribution in [-0.4, -0.2) is 30.6 Å². The highest BCUT2D eigenvalue weighted by Crippen LogP contribution is 2.24. The van der Waals surface area contributed by atoms with Gasteiger partial charge in [-0.3, -0.25) is 4.99 Å². The molecule has 1 heterocycles. The van der Waals surface area contributed by atoms with E-state index in [1.54, 1.807) is 6.26 Å². The monoisotopic (exact) mass is 321 g/mol. The molecule has 0 radical (unpaired) electrons. The van der Waals surface area contributed by atoms with Gasteiger partial charge in [-0.15, -0.1) is 0 Å². The summed E-state index contributed by atoms with van der Waals surface area (Å²) in [6.07, 6.45) is 14.2. The first-order valence-electron chi connectivity index (χ1n) is 9.19. The second-order valence-corrected chi connectivity index (χ2v) is 6.90. The van der Waals surface area contributed by atoms with Gasteiger partial charge in [0.15, 0.2) is 0 Å². The zero-order valence-electron chi connectivity index (χ0n) is 15.3. The van der Waals surface area contributed by atoms with Gasteiger partial charge in [-0.05, 0) is 70.3 Å². The quantitative estimate of drug-likeness (QED) is 0.484. The number of hydrogen-bond acceptors (Lipinski definition) is 3. The molecule has 1 rings (SSSR count). The summed E-state index contributed by atoms with van der Waals surface area (Å²) in [4.78, 5) is 4.75. The average Bonchev–Trinajstić information content (AvgIpc) is 2.61. The fraction of sp³-hybridized carbons (Fsp3) is 0.750. The first kappa shape index (κ1) is 20.0. The second-order valence-electron chi connectivity index (χ2n) is 6.90. The predicted octanol–water partition coefficient (Wildman–Crippen LogP) is 4.91.